The molecule has 0 fully saturated rings. The van der Waals surface area contributed by atoms with Gasteiger partial charge in [-0.2, -0.15) is 0 Å². The Labute approximate surface area is 457 Å². The topological polar surface area (TPSA) is 78.9 Å². The van der Waals surface area contributed by atoms with Crippen LogP contribution in [0, 0.1) is 0 Å². The zero-order valence-electron chi connectivity index (χ0n) is 50.0. The molecule has 0 radical (unpaired) electrons. The minimum atomic E-state index is -0.761. The largest absolute Gasteiger partial charge is 0.462 e. The Hall–Kier alpha value is -1.59. The van der Waals surface area contributed by atoms with E-state index in [9.17, 15) is 14.4 Å². The van der Waals surface area contributed by atoms with Gasteiger partial charge in [-0.05, 0) is 19.3 Å². The maximum atomic E-state index is 12.9. The van der Waals surface area contributed by atoms with E-state index in [1.54, 1.807) is 0 Å². The lowest BCUT2D eigenvalue weighted by Gasteiger charge is -2.18. The van der Waals surface area contributed by atoms with Crippen molar-refractivity contribution in [2.45, 2.75) is 399 Å². The van der Waals surface area contributed by atoms with Crippen LogP contribution >= 0.6 is 0 Å². The van der Waals surface area contributed by atoms with Crippen molar-refractivity contribution in [2.75, 3.05) is 13.2 Å². The second-order valence-corrected chi connectivity index (χ2v) is 23.1. The van der Waals surface area contributed by atoms with Crippen molar-refractivity contribution in [3.05, 3.63) is 0 Å². The van der Waals surface area contributed by atoms with E-state index in [0.29, 0.717) is 19.3 Å². The minimum Gasteiger partial charge on any atom is -0.462 e. The van der Waals surface area contributed by atoms with Gasteiger partial charge in [-0.15, -0.1) is 0 Å². The molecule has 0 heterocycles. The highest BCUT2D eigenvalue weighted by Crippen LogP contribution is 2.19. The van der Waals surface area contributed by atoms with Gasteiger partial charge in [0.25, 0.3) is 0 Å². The second-order valence-electron chi connectivity index (χ2n) is 23.1. The van der Waals surface area contributed by atoms with Crippen LogP contribution in [-0.4, -0.2) is 37.2 Å². The maximum Gasteiger partial charge on any atom is 0.306 e. The Morgan fingerprint density at radius 3 is 0.548 bits per heavy atom. The second kappa shape index (κ2) is 62.9. The molecule has 1 atom stereocenters. The van der Waals surface area contributed by atoms with Crippen LogP contribution in [0.3, 0.4) is 0 Å². The van der Waals surface area contributed by atoms with Gasteiger partial charge in [0.2, 0.25) is 0 Å². The summed E-state index contributed by atoms with van der Waals surface area (Å²) in [6.07, 6.45) is 72.9. The van der Waals surface area contributed by atoms with Gasteiger partial charge in [-0.1, -0.05) is 355 Å². The third-order valence-corrected chi connectivity index (χ3v) is 15.6. The number of hydrogen-bond donors (Lipinski definition) is 0. The molecule has 0 spiro atoms. The van der Waals surface area contributed by atoms with Crippen molar-refractivity contribution < 1.29 is 28.6 Å². The number of carbonyl (C=O) groups is 3. The van der Waals surface area contributed by atoms with Crippen molar-refractivity contribution in [2.24, 2.45) is 0 Å². The van der Waals surface area contributed by atoms with E-state index < -0.39 is 6.10 Å². The summed E-state index contributed by atoms with van der Waals surface area (Å²) in [6.45, 7) is 6.71. The van der Waals surface area contributed by atoms with Gasteiger partial charge in [0.1, 0.15) is 13.2 Å². The normalized spacial score (nSPS) is 11.9. The third kappa shape index (κ3) is 61.1. The Morgan fingerprint density at radius 2 is 0.370 bits per heavy atom. The lowest BCUT2D eigenvalue weighted by Crippen LogP contribution is -2.30. The Morgan fingerprint density at radius 1 is 0.219 bits per heavy atom. The standard InChI is InChI=1S/C67H130O6/c1-4-7-10-13-16-19-22-24-26-27-28-29-30-31-32-33-34-35-36-37-38-39-40-42-43-45-48-51-54-57-60-66(69)72-63-64(62-71-65(68)59-56-53-50-47-21-18-15-12-9-6-3)73-67(70)61-58-55-52-49-46-44-41-25-23-20-17-14-11-8-5-2/h64H,4-63H2,1-3H3. The van der Waals surface area contributed by atoms with Gasteiger partial charge in [-0.3, -0.25) is 14.4 Å². The van der Waals surface area contributed by atoms with E-state index in [0.717, 1.165) is 57.8 Å². The summed E-state index contributed by atoms with van der Waals surface area (Å²) in [5.41, 5.74) is 0. The van der Waals surface area contributed by atoms with E-state index in [2.05, 4.69) is 20.8 Å². The van der Waals surface area contributed by atoms with Crippen LogP contribution in [0.25, 0.3) is 0 Å². The molecule has 0 aromatic heterocycles. The molecular formula is C67H130O6. The molecule has 0 aliphatic rings. The summed E-state index contributed by atoms with van der Waals surface area (Å²) in [7, 11) is 0. The zero-order valence-corrected chi connectivity index (χ0v) is 50.0. The van der Waals surface area contributed by atoms with Crippen molar-refractivity contribution in [1.29, 1.82) is 0 Å². The van der Waals surface area contributed by atoms with Crippen LogP contribution < -0.4 is 0 Å². The van der Waals surface area contributed by atoms with Gasteiger partial charge in [0.05, 0.1) is 0 Å². The first-order valence-corrected chi connectivity index (χ1v) is 33.5. The monoisotopic (exact) mass is 1030 g/mol. The average Bonchev–Trinajstić information content (AvgIpc) is 3.39. The van der Waals surface area contributed by atoms with Gasteiger partial charge in [0, 0.05) is 19.3 Å². The molecular weight excluding hydrogens is 901 g/mol. The van der Waals surface area contributed by atoms with E-state index in [4.69, 9.17) is 14.2 Å². The number of carbonyl (C=O) groups excluding carboxylic acids is 3. The fourth-order valence-corrected chi connectivity index (χ4v) is 10.6. The first-order chi connectivity index (χ1) is 36.0. The Bertz CT molecular complexity index is 1090. The van der Waals surface area contributed by atoms with Gasteiger partial charge >= 0.3 is 17.9 Å². The molecule has 0 rings (SSSR count). The van der Waals surface area contributed by atoms with E-state index in [1.807, 2.05) is 0 Å². The fourth-order valence-electron chi connectivity index (χ4n) is 10.6. The highest BCUT2D eigenvalue weighted by molar-refractivity contribution is 5.71. The summed E-state index contributed by atoms with van der Waals surface area (Å²) < 4.78 is 16.9. The van der Waals surface area contributed by atoms with Gasteiger partial charge < -0.3 is 14.2 Å². The number of ether oxygens (including phenoxy) is 3. The van der Waals surface area contributed by atoms with Crippen LogP contribution in [0.2, 0.25) is 0 Å². The van der Waals surface area contributed by atoms with Crippen molar-refractivity contribution in [3.63, 3.8) is 0 Å². The van der Waals surface area contributed by atoms with E-state index in [1.165, 1.54) is 295 Å². The first-order valence-electron chi connectivity index (χ1n) is 33.5. The Kier molecular flexibility index (Phi) is 61.6. The maximum absolute atomic E-state index is 12.9. The molecule has 0 saturated heterocycles. The van der Waals surface area contributed by atoms with Gasteiger partial charge in [-0.25, -0.2) is 0 Å². The van der Waals surface area contributed by atoms with Crippen LogP contribution in [0.5, 0.6) is 0 Å². The highest BCUT2D eigenvalue weighted by Gasteiger charge is 2.19. The van der Waals surface area contributed by atoms with Crippen LogP contribution in [0.15, 0.2) is 0 Å². The summed E-state index contributed by atoms with van der Waals surface area (Å²) in [5.74, 6) is -0.830. The SMILES string of the molecule is CCCCCCCCCCCCCCCCCCCCCCCCCCCCCCCCC(=O)OCC(COC(=O)CCCCCCCCCCCC)OC(=O)CCCCCCCCCCCCCCCCC. The van der Waals surface area contributed by atoms with Gasteiger partial charge in [0.15, 0.2) is 6.10 Å². The molecule has 6 nitrogen and oxygen atoms in total. The highest BCUT2D eigenvalue weighted by atomic mass is 16.6. The number of unbranched alkanes of at least 4 members (excludes halogenated alkanes) is 52. The first kappa shape index (κ1) is 71.4. The molecule has 0 aromatic carbocycles. The lowest BCUT2D eigenvalue weighted by molar-refractivity contribution is -0.167. The summed E-state index contributed by atoms with van der Waals surface area (Å²) in [4.78, 5) is 38.2. The zero-order chi connectivity index (χ0) is 52.9. The minimum absolute atomic E-state index is 0.0610. The summed E-state index contributed by atoms with van der Waals surface area (Å²) in [6, 6.07) is 0. The lowest BCUT2D eigenvalue weighted by atomic mass is 10.0. The molecule has 0 N–H and O–H groups in total. The number of rotatable bonds is 63. The molecule has 434 valence electrons. The number of esters is 3. The molecule has 0 bridgehead atoms. The molecule has 1 unspecified atom stereocenters. The molecule has 73 heavy (non-hydrogen) atoms. The summed E-state index contributed by atoms with van der Waals surface area (Å²) >= 11 is 0. The predicted octanol–water partition coefficient (Wildman–Crippen LogP) is 22.7. The van der Waals surface area contributed by atoms with Crippen molar-refractivity contribution in [1.82, 2.24) is 0 Å². The van der Waals surface area contributed by atoms with Crippen LogP contribution in [-0.2, 0) is 28.6 Å². The van der Waals surface area contributed by atoms with Crippen molar-refractivity contribution in [3.8, 4) is 0 Å². The quantitative estimate of drug-likeness (QED) is 0.0343. The molecule has 0 saturated carbocycles. The third-order valence-electron chi connectivity index (χ3n) is 15.6. The Balaban J connectivity index is 4.03. The molecule has 0 aliphatic heterocycles. The van der Waals surface area contributed by atoms with E-state index >= 15 is 0 Å². The molecule has 0 amide bonds. The molecule has 6 heteroatoms. The van der Waals surface area contributed by atoms with E-state index in [-0.39, 0.29) is 31.1 Å². The predicted molar refractivity (Wildman–Crippen MR) is 317 cm³/mol. The van der Waals surface area contributed by atoms with Crippen molar-refractivity contribution >= 4 is 17.9 Å². The average molecular weight is 1030 g/mol. The molecule has 0 aromatic rings. The van der Waals surface area contributed by atoms with Crippen LogP contribution in [0.4, 0.5) is 0 Å². The smallest absolute Gasteiger partial charge is 0.306 e. The summed E-state index contributed by atoms with van der Waals surface area (Å²) in [5, 5.41) is 0. The number of hydrogen-bond acceptors (Lipinski definition) is 6. The fraction of sp³-hybridized carbons (Fsp3) is 0.955. The molecule has 0 aliphatic carbocycles. The van der Waals surface area contributed by atoms with Crippen LogP contribution in [0.1, 0.15) is 393 Å².